The van der Waals surface area contributed by atoms with Crippen molar-refractivity contribution in [3.63, 3.8) is 0 Å². The summed E-state index contributed by atoms with van der Waals surface area (Å²) >= 11 is 0. The molecule has 0 aromatic carbocycles. The van der Waals surface area contributed by atoms with E-state index in [1.54, 1.807) is 0 Å². The van der Waals surface area contributed by atoms with Gasteiger partial charge in [0.1, 0.15) is 0 Å². The predicted octanol–water partition coefficient (Wildman–Crippen LogP) is 0.0434. The van der Waals surface area contributed by atoms with Crippen molar-refractivity contribution in [2.75, 3.05) is 13.2 Å². The van der Waals surface area contributed by atoms with E-state index in [0.29, 0.717) is 6.10 Å². The van der Waals surface area contributed by atoms with Gasteiger partial charge in [-0.2, -0.15) is 0 Å². The molecule has 2 heteroatoms. The van der Waals surface area contributed by atoms with Crippen molar-refractivity contribution in [2.24, 2.45) is 0 Å². The molecule has 0 aromatic rings. The van der Waals surface area contributed by atoms with E-state index in [0.717, 1.165) is 19.6 Å². The van der Waals surface area contributed by atoms with E-state index < -0.39 is 0 Å². The largest absolute Gasteiger partial charge is 0.373 e. The zero-order chi connectivity index (χ0) is 6.41. The van der Waals surface area contributed by atoms with Crippen LogP contribution in [0.2, 0.25) is 0 Å². The molecule has 0 aliphatic carbocycles. The molecule has 0 saturated heterocycles. The number of ether oxygens (including phenoxy) is 1. The van der Waals surface area contributed by atoms with Crippen LogP contribution in [0.25, 0.3) is 0 Å². The van der Waals surface area contributed by atoms with Crippen LogP contribution in [0.3, 0.4) is 0 Å². The SMILES string of the molecule is CCC(C)OCC[NH3+]. The van der Waals surface area contributed by atoms with Gasteiger partial charge in [-0.1, -0.05) is 6.92 Å². The number of rotatable bonds is 4. The molecule has 0 saturated carbocycles. The minimum absolute atomic E-state index is 0.414. The quantitative estimate of drug-likeness (QED) is 0.556. The molecule has 1 atom stereocenters. The van der Waals surface area contributed by atoms with Gasteiger partial charge in [0.05, 0.1) is 19.3 Å². The fraction of sp³-hybridized carbons (Fsp3) is 1.00. The zero-order valence-electron chi connectivity index (χ0n) is 5.81. The first-order chi connectivity index (χ1) is 3.81. The Morgan fingerprint density at radius 1 is 1.62 bits per heavy atom. The molecule has 0 amide bonds. The summed E-state index contributed by atoms with van der Waals surface area (Å²) in [5, 5.41) is 0. The fourth-order valence-electron chi connectivity index (χ4n) is 0.402. The highest BCUT2D eigenvalue weighted by Gasteiger charge is 1.94. The Kier molecular flexibility index (Phi) is 5.01. The van der Waals surface area contributed by atoms with Crippen molar-refractivity contribution in [3.05, 3.63) is 0 Å². The topological polar surface area (TPSA) is 36.9 Å². The maximum atomic E-state index is 5.28. The first kappa shape index (κ1) is 7.92. The highest BCUT2D eigenvalue weighted by atomic mass is 16.5. The Hall–Kier alpha value is -0.0800. The summed E-state index contributed by atoms with van der Waals surface area (Å²) in [4.78, 5) is 0. The minimum atomic E-state index is 0.414. The van der Waals surface area contributed by atoms with Crippen LogP contribution in [-0.2, 0) is 4.74 Å². The molecule has 0 aliphatic rings. The van der Waals surface area contributed by atoms with Crippen LogP contribution in [0.5, 0.6) is 0 Å². The Balaban J connectivity index is 2.86. The first-order valence-corrected chi connectivity index (χ1v) is 3.22. The van der Waals surface area contributed by atoms with Crippen LogP contribution in [0.1, 0.15) is 20.3 Å². The average Bonchev–Trinajstić information content (AvgIpc) is 1.83. The van der Waals surface area contributed by atoms with Crippen LogP contribution in [0, 0.1) is 0 Å². The van der Waals surface area contributed by atoms with Gasteiger partial charge in [-0.15, -0.1) is 0 Å². The first-order valence-electron chi connectivity index (χ1n) is 3.22. The van der Waals surface area contributed by atoms with Gasteiger partial charge >= 0.3 is 0 Å². The molecule has 0 bridgehead atoms. The van der Waals surface area contributed by atoms with Gasteiger partial charge in [-0.05, 0) is 13.3 Å². The summed E-state index contributed by atoms with van der Waals surface area (Å²) in [6, 6.07) is 0. The molecule has 0 spiro atoms. The van der Waals surface area contributed by atoms with E-state index in [2.05, 4.69) is 19.6 Å². The zero-order valence-corrected chi connectivity index (χ0v) is 5.81. The van der Waals surface area contributed by atoms with Crippen molar-refractivity contribution in [1.29, 1.82) is 0 Å². The van der Waals surface area contributed by atoms with Crippen LogP contribution < -0.4 is 5.73 Å². The molecule has 3 N–H and O–H groups in total. The van der Waals surface area contributed by atoms with Gasteiger partial charge in [0.25, 0.3) is 0 Å². The minimum Gasteiger partial charge on any atom is -0.373 e. The average molecular weight is 118 g/mol. The fourth-order valence-corrected chi connectivity index (χ4v) is 0.402. The van der Waals surface area contributed by atoms with E-state index in [1.807, 2.05) is 0 Å². The molecule has 0 aromatic heterocycles. The number of hydrogen-bond acceptors (Lipinski definition) is 1. The number of quaternary nitrogens is 1. The monoisotopic (exact) mass is 118 g/mol. The smallest absolute Gasteiger partial charge is 0.0977 e. The second-order valence-electron chi connectivity index (χ2n) is 1.94. The molecule has 0 rings (SSSR count). The lowest BCUT2D eigenvalue weighted by Gasteiger charge is -2.06. The molecule has 50 valence electrons. The molecule has 0 aliphatic heterocycles. The van der Waals surface area contributed by atoms with Gasteiger partial charge in [0.2, 0.25) is 0 Å². The van der Waals surface area contributed by atoms with Gasteiger partial charge in [0.15, 0.2) is 0 Å². The van der Waals surface area contributed by atoms with Crippen molar-refractivity contribution < 1.29 is 10.5 Å². The molecule has 0 fully saturated rings. The lowest BCUT2D eigenvalue weighted by atomic mass is 10.3. The van der Waals surface area contributed by atoms with Gasteiger partial charge in [0, 0.05) is 0 Å². The molecule has 0 heterocycles. The Morgan fingerprint density at radius 2 is 2.25 bits per heavy atom. The van der Waals surface area contributed by atoms with E-state index >= 15 is 0 Å². The van der Waals surface area contributed by atoms with Crippen molar-refractivity contribution in [3.8, 4) is 0 Å². The molecule has 8 heavy (non-hydrogen) atoms. The van der Waals surface area contributed by atoms with Crippen LogP contribution in [0.15, 0.2) is 0 Å². The third kappa shape index (κ3) is 4.09. The predicted molar refractivity (Wildman–Crippen MR) is 33.5 cm³/mol. The molecular weight excluding hydrogens is 102 g/mol. The number of hydrogen-bond donors (Lipinski definition) is 1. The molecule has 0 radical (unpaired) electrons. The summed E-state index contributed by atoms with van der Waals surface area (Å²) in [5.74, 6) is 0. The van der Waals surface area contributed by atoms with E-state index in [4.69, 9.17) is 4.74 Å². The summed E-state index contributed by atoms with van der Waals surface area (Å²) in [7, 11) is 0. The highest BCUT2D eigenvalue weighted by Crippen LogP contribution is 1.92. The Morgan fingerprint density at radius 3 is 2.62 bits per heavy atom. The summed E-state index contributed by atoms with van der Waals surface area (Å²) in [6.07, 6.45) is 1.51. The van der Waals surface area contributed by atoms with Gasteiger partial charge in [-0.25, -0.2) is 0 Å². The lowest BCUT2D eigenvalue weighted by Crippen LogP contribution is -2.52. The van der Waals surface area contributed by atoms with Gasteiger partial charge < -0.3 is 10.5 Å². The van der Waals surface area contributed by atoms with Crippen molar-refractivity contribution in [1.82, 2.24) is 0 Å². The molecular formula is C6H16NO+. The Labute approximate surface area is 51.0 Å². The van der Waals surface area contributed by atoms with Crippen molar-refractivity contribution >= 4 is 0 Å². The maximum Gasteiger partial charge on any atom is 0.0977 e. The summed E-state index contributed by atoms with van der Waals surface area (Å²) in [6.45, 7) is 5.88. The van der Waals surface area contributed by atoms with Crippen LogP contribution >= 0.6 is 0 Å². The Bertz CT molecular complexity index is 47.8. The summed E-state index contributed by atoms with van der Waals surface area (Å²) in [5.41, 5.74) is 3.67. The second kappa shape index (κ2) is 5.06. The van der Waals surface area contributed by atoms with E-state index in [9.17, 15) is 0 Å². The second-order valence-corrected chi connectivity index (χ2v) is 1.94. The standard InChI is InChI=1S/C6H15NO/c1-3-6(2)8-5-4-7/h6H,3-5,7H2,1-2H3/p+1. The third-order valence-electron chi connectivity index (χ3n) is 1.12. The summed E-state index contributed by atoms with van der Waals surface area (Å²) < 4.78 is 5.28. The highest BCUT2D eigenvalue weighted by molar-refractivity contribution is 4.42. The van der Waals surface area contributed by atoms with Gasteiger partial charge in [-0.3, -0.25) is 0 Å². The van der Waals surface area contributed by atoms with Crippen LogP contribution in [-0.4, -0.2) is 19.3 Å². The van der Waals surface area contributed by atoms with Crippen LogP contribution in [0.4, 0.5) is 0 Å². The van der Waals surface area contributed by atoms with E-state index in [-0.39, 0.29) is 0 Å². The normalized spacial score (nSPS) is 13.9. The third-order valence-corrected chi connectivity index (χ3v) is 1.12. The molecule has 2 nitrogen and oxygen atoms in total. The van der Waals surface area contributed by atoms with E-state index in [1.165, 1.54) is 0 Å². The van der Waals surface area contributed by atoms with Crippen molar-refractivity contribution in [2.45, 2.75) is 26.4 Å². The molecule has 1 unspecified atom stereocenters. The lowest BCUT2D eigenvalue weighted by molar-refractivity contribution is -0.375. The maximum absolute atomic E-state index is 5.28.